The summed E-state index contributed by atoms with van der Waals surface area (Å²) in [6.07, 6.45) is 3.46. The largest absolute Gasteiger partial charge is 0.394 e. The van der Waals surface area contributed by atoms with E-state index in [1.807, 2.05) is 29.8 Å². The average molecular weight is 415 g/mol. The molecule has 4 aromatic rings. The number of halogens is 2. The molecule has 0 aliphatic rings. The van der Waals surface area contributed by atoms with Crippen molar-refractivity contribution in [2.75, 3.05) is 11.9 Å². The van der Waals surface area contributed by atoms with Crippen LogP contribution in [0.5, 0.6) is 0 Å². The zero-order valence-electron chi connectivity index (χ0n) is 15.8. The highest BCUT2D eigenvalue weighted by Gasteiger charge is 2.20. The first-order valence-corrected chi connectivity index (χ1v) is 9.97. The Morgan fingerprint density at radius 3 is 2.72 bits per heavy atom. The molecule has 3 aromatic heterocycles. The van der Waals surface area contributed by atoms with Gasteiger partial charge in [0.15, 0.2) is 16.6 Å². The Morgan fingerprint density at radius 1 is 1.17 bits per heavy atom. The third-order valence-electron chi connectivity index (χ3n) is 4.67. The monoisotopic (exact) mass is 415 g/mol. The van der Waals surface area contributed by atoms with Gasteiger partial charge in [0, 0.05) is 23.3 Å². The number of nitrogens with zero attached hydrogens (tertiary/aromatic N) is 4. The van der Waals surface area contributed by atoms with Crippen molar-refractivity contribution in [3.05, 3.63) is 53.7 Å². The fourth-order valence-corrected chi connectivity index (χ4v) is 3.74. The molecule has 6 nitrogen and oxygen atoms in total. The van der Waals surface area contributed by atoms with E-state index in [2.05, 4.69) is 20.3 Å². The number of thiazole rings is 1. The highest BCUT2D eigenvalue weighted by atomic mass is 32.1. The summed E-state index contributed by atoms with van der Waals surface area (Å²) in [6.45, 7) is 3.93. The maximum atomic E-state index is 13.8. The van der Waals surface area contributed by atoms with Gasteiger partial charge in [0.05, 0.1) is 24.0 Å². The number of hydrogen-bond acceptors (Lipinski definition) is 6. The lowest BCUT2D eigenvalue weighted by Gasteiger charge is -2.19. The van der Waals surface area contributed by atoms with E-state index in [1.165, 1.54) is 17.4 Å². The van der Waals surface area contributed by atoms with Crippen molar-refractivity contribution in [3.8, 4) is 22.6 Å². The van der Waals surface area contributed by atoms with Gasteiger partial charge in [-0.15, -0.1) is 11.3 Å². The van der Waals surface area contributed by atoms with Gasteiger partial charge in [-0.2, -0.15) is 0 Å². The highest BCUT2D eigenvalue weighted by Crippen LogP contribution is 2.34. The summed E-state index contributed by atoms with van der Waals surface area (Å²) in [7, 11) is 0. The molecule has 0 fully saturated rings. The van der Waals surface area contributed by atoms with Gasteiger partial charge in [-0.25, -0.2) is 23.7 Å². The summed E-state index contributed by atoms with van der Waals surface area (Å²) in [4.78, 5) is 14.1. The number of benzene rings is 1. The van der Waals surface area contributed by atoms with Crippen molar-refractivity contribution in [1.29, 1.82) is 0 Å². The Hall–Kier alpha value is -2.91. The zero-order chi connectivity index (χ0) is 20.5. The maximum Gasteiger partial charge on any atom is 0.223 e. The first-order chi connectivity index (χ1) is 14.0. The van der Waals surface area contributed by atoms with Crippen LogP contribution in [-0.2, 0) is 0 Å². The number of anilines is 1. The standard InChI is InChI=1S/C20H19F2N5OS/c1-11(2)16(10-28)25-19-23-6-5-15(24-19)18-17(26-20-27(18)7-8-29-20)12-3-4-13(21)14(22)9-12/h3-9,11,16,28H,10H2,1-2H3,(H,23,24,25)/t16-/m1/s1. The predicted octanol–water partition coefficient (Wildman–Crippen LogP) is 4.23. The topological polar surface area (TPSA) is 75.3 Å². The lowest BCUT2D eigenvalue weighted by atomic mass is 10.1. The first-order valence-electron chi connectivity index (χ1n) is 9.09. The van der Waals surface area contributed by atoms with Crippen LogP contribution in [0.4, 0.5) is 14.7 Å². The number of imidazole rings is 1. The molecule has 0 saturated carbocycles. The minimum atomic E-state index is -0.933. The number of rotatable bonds is 6. The van der Waals surface area contributed by atoms with Gasteiger partial charge >= 0.3 is 0 Å². The molecule has 150 valence electrons. The number of aromatic nitrogens is 4. The van der Waals surface area contributed by atoms with Crippen molar-refractivity contribution in [3.63, 3.8) is 0 Å². The van der Waals surface area contributed by atoms with Crippen LogP contribution in [0.3, 0.4) is 0 Å². The Balaban J connectivity index is 1.82. The minimum Gasteiger partial charge on any atom is -0.394 e. The molecule has 3 heterocycles. The Labute approximate surface area is 169 Å². The molecule has 9 heteroatoms. The molecule has 0 unspecified atom stereocenters. The summed E-state index contributed by atoms with van der Waals surface area (Å²) in [6, 6.07) is 5.26. The van der Waals surface area contributed by atoms with Gasteiger partial charge in [0.25, 0.3) is 0 Å². The molecule has 1 aromatic carbocycles. The lowest BCUT2D eigenvalue weighted by Crippen LogP contribution is -2.30. The molecular weight excluding hydrogens is 396 g/mol. The molecule has 0 bridgehead atoms. The third kappa shape index (κ3) is 3.70. The van der Waals surface area contributed by atoms with E-state index in [0.717, 1.165) is 12.1 Å². The Kier molecular flexibility index (Phi) is 5.25. The molecule has 0 saturated heterocycles. The number of aliphatic hydroxyl groups excluding tert-OH is 1. The van der Waals surface area contributed by atoms with Gasteiger partial charge in [0.2, 0.25) is 5.95 Å². The van der Waals surface area contributed by atoms with E-state index < -0.39 is 11.6 Å². The molecule has 2 N–H and O–H groups in total. The van der Waals surface area contributed by atoms with Crippen LogP contribution in [0, 0.1) is 17.6 Å². The van der Waals surface area contributed by atoms with Crippen LogP contribution in [0.1, 0.15) is 13.8 Å². The molecule has 0 aliphatic heterocycles. The second-order valence-corrected chi connectivity index (χ2v) is 7.81. The summed E-state index contributed by atoms with van der Waals surface area (Å²) < 4.78 is 29.1. The average Bonchev–Trinajstić information content (AvgIpc) is 3.29. The van der Waals surface area contributed by atoms with Crippen LogP contribution in [0.2, 0.25) is 0 Å². The molecule has 0 spiro atoms. The number of aliphatic hydroxyl groups is 1. The van der Waals surface area contributed by atoms with E-state index in [0.29, 0.717) is 33.6 Å². The second kappa shape index (κ2) is 7.84. The van der Waals surface area contributed by atoms with Crippen molar-refractivity contribution in [2.45, 2.75) is 19.9 Å². The summed E-state index contributed by atoms with van der Waals surface area (Å²) in [5, 5.41) is 14.6. The number of fused-ring (bicyclic) bond motifs is 1. The van der Waals surface area contributed by atoms with Crippen LogP contribution in [-0.4, -0.2) is 37.1 Å². The van der Waals surface area contributed by atoms with E-state index >= 15 is 0 Å². The minimum absolute atomic E-state index is 0.0488. The van der Waals surface area contributed by atoms with Crippen LogP contribution < -0.4 is 5.32 Å². The highest BCUT2D eigenvalue weighted by molar-refractivity contribution is 7.15. The van der Waals surface area contributed by atoms with Gasteiger partial charge in [0.1, 0.15) is 5.69 Å². The Bertz CT molecular complexity index is 1160. The van der Waals surface area contributed by atoms with Gasteiger partial charge in [-0.3, -0.25) is 4.40 Å². The molecule has 4 rings (SSSR count). The van der Waals surface area contributed by atoms with Gasteiger partial charge < -0.3 is 10.4 Å². The SMILES string of the molecule is CC(C)[C@@H](CO)Nc1nccc(-c2c(-c3ccc(F)c(F)c3)nc3sccn23)n1. The summed E-state index contributed by atoms with van der Waals surface area (Å²) >= 11 is 1.43. The normalized spacial score (nSPS) is 12.6. The number of nitrogens with one attached hydrogen (secondary N) is 1. The lowest BCUT2D eigenvalue weighted by molar-refractivity contribution is 0.248. The van der Waals surface area contributed by atoms with Crippen molar-refractivity contribution in [2.24, 2.45) is 5.92 Å². The zero-order valence-corrected chi connectivity index (χ0v) is 16.6. The predicted molar refractivity (Wildman–Crippen MR) is 109 cm³/mol. The van der Waals surface area contributed by atoms with Crippen molar-refractivity contribution < 1.29 is 13.9 Å². The van der Waals surface area contributed by atoms with Crippen molar-refractivity contribution in [1.82, 2.24) is 19.4 Å². The molecule has 0 radical (unpaired) electrons. The molecular formula is C20H19F2N5OS. The van der Waals surface area contributed by atoms with Crippen LogP contribution >= 0.6 is 11.3 Å². The second-order valence-electron chi connectivity index (χ2n) is 6.94. The fourth-order valence-electron chi connectivity index (χ4n) is 3.02. The van der Waals surface area contributed by atoms with Crippen LogP contribution in [0.25, 0.3) is 27.6 Å². The molecule has 1 atom stereocenters. The fraction of sp³-hybridized carbons (Fsp3) is 0.250. The van der Waals surface area contributed by atoms with E-state index in [9.17, 15) is 13.9 Å². The maximum absolute atomic E-state index is 13.8. The van der Waals surface area contributed by atoms with Gasteiger partial charge in [-0.05, 0) is 30.2 Å². The quantitative estimate of drug-likeness (QED) is 0.493. The van der Waals surface area contributed by atoms with Crippen LogP contribution in [0.15, 0.2) is 42.0 Å². The number of hydrogen-bond donors (Lipinski definition) is 2. The van der Waals surface area contributed by atoms with Gasteiger partial charge in [-0.1, -0.05) is 13.8 Å². The van der Waals surface area contributed by atoms with E-state index in [-0.39, 0.29) is 18.6 Å². The molecule has 29 heavy (non-hydrogen) atoms. The third-order valence-corrected chi connectivity index (χ3v) is 5.43. The summed E-state index contributed by atoms with van der Waals surface area (Å²) in [5.74, 6) is -1.29. The smallest absolute Gasteiger partial charge is 0.223 e. The molecule has 0 amide bonds. The summed E-state index contributed by atoms with van der Waals surface area (Å²) in [5.41, 5.74) is 2.19. The first kappa shape index (κ1) is 19.4. The molecule has 0 aliphatic carbocycles. The Morgan fingerprint density at radius 2 is 2.00 bits per heavy atom. The van der Waals surface area contributed by atoms with E-state index in [4.69, 9.17) is 0 Å². The van der Waals surface area contributed by atoms with E-state index in [1.54, 1.807) is 12.3 Å². The van der Waals surface area contributed by atoms with Crippen molar-refractivity contribution >= 4 is 22.2 Å².